The molecular formula is C19H21NO3. The number of methoxy groups -OCH3 is 1. The van der Waals surface area contributed by atoms with E-state index in [1.54, 1.807) is 18.9 Å². The van der Waals surface area contributed by atoms with Gasteiger partial charge in [0.25, 0.3) is 0 Å². The molecule has 1 aliphatic rings. The fraction of sp³-hybridized carbons (Fsp3) is 0.316. The van der Waals surface area contributed by atoms with E-state index in [-0.39, 0.29) is 5.91 Å². The Morgan fingerprint density at radius 1 is 1.26 bits per heavy atom. The molecule has 1 aliphatic heterocycles. The number of ether oxygens (including phenoxy) is 1. The second-order valence-corrected chi connectivity index (χ2v) is 6.11. The van der Waals surface area contributed by atoms with Gasteiger partial charge in [0.15, 0.2) is 0 Å². The number of nitrogens with zero attached hydrogens (tertiary/aromatic N) is 1. The maximum absolute atomic E-state index is 12.7. The van der Waals surface area contributed by atoms with E-state index >= 15 is 0 Å². The fourth-order valence-electron chi connectivity index (χ4n) is 3.06. The van der Waals surface area contributed by atoms with Crippen LogP contribution in [0.25, 0.3) is 0 Å². The number of anilines is 1. The Kier molecular flexibility index (Phi) is 4.09. The lowest BCUT2D eigenvalue weighted by molar-refractivity contribution is -0.118. The van der Waals surface area contributed by atoms with E-state index in [0.717, 1.165) is 22.6 Å². The maximum atomic E-state index is 12.7. The van der Waals surface area contributed by atoms with Crippen molar-refractivity contribution < 1.29 is 14.6 Å². The van der Waals surface area contributed by atoms with Gasteiger partial charge >= 0.3 is 0 Å². The average molecular weight is 311 g/mol. The molecule has 0 aromatic heterocycles. The lowest BCUT2D eigenvalue weighted by Crippen LogP contribution is -2.42. The van der Waals surface area contributed by atoms with E-state index in [1.807, 2.05) is 48.5 Å². The van der Waals surface area contributed by atoms with Crippen LogP contribution in [0.3, 0.4) is 0 Å². The summed E-state index contributed by atoms with van der Waals surface area (Å²) in [5.74, 6) is 0.776. The van der Waals surface area contributed by atoms with E-state index in [0.29, 0.717) is 19.4 Å². The molecule has 2 aromatic rings. The van der Waals surface area contributed by atoms with Gasteiger partial charge in [-0.3, -0.25) is 4.79 Å². The molecule has 1 heterocycles. The Hall–Kier alpha value is -2.33. The molecule has 0 bridgehead atoms. The molecule has 0 radical (unpaired) electrons. The summed E-state index contributed by atoms with van der Waals surface area (Å²) >= 11 is 0. The molecule has 0 saturated carbocycles. The Morgan fingerprint density at radius 3 is 2.83 bits per heavy atom. The Morgan fingerprint density at radius 2 is 2.04 bits per heavy atom. The number of hydrogen-bond donors (Lipinski definition) is 1. The normalized spacial score (nSPS) is 20.0. The number of para-hydroxylation sites is 1. The van der Waals surface area contributed by atoms with E-state index in [4.69, 9.17) is 4.74 Å². The van der Waals surface area contributed by atoms with Gasteiger partial charge in [0.05, 0.1) is 19.1 Å². The highest BCUT2D eigenvalue weighted by Crippen LogP contribution is 2.38. The largest absolute Gasteiger partial charge is 0.497 e. The van der Waals surface area contributed by atoms with Crippen LogP contribution in [0, 0.1) is 0 Å². The highest BCUT2D eigenvalue weighted by molar-refractivity contribution is 5.96. The molecule has 23 heavy (non-hydrogen) atoms. The number of carbonyl (C=O) groups excluding carboxylic acids is 1. The molecule has 1 unspecified atom stereocenters. The van der Waals surface area contributed by atoms with E-state index < -0.39 is 5.60 Å². The first-order valence-electron chi connectivity index (χ1n) is 7.76. The summed E-state index contributed by atoms with van der Waals surface area (Å²) in [7, 11) is 1.61. The van der Waals surface area contributed by atoms with Gasteiger partial charge in [-0.2, -0.15) is 0 Å². The summed E-state index contributed by atoms with van der Waals surface area (Å²) in [5.41, 5.74) is 1.65. The van der Waals surface area contributed by atoms with Gasteiger partial charge in [-0.05, 0) is 37.1 Å². The zero-order chi connectivity index (χ0) is 16.4. The number of rotatable bonds is 3. The van der Waals surface area contributed by atoms with Gasteiger partial charge in [-0.15, -0.1) is 0 Å². The number of aliphatic hydroxyl groups is 1. The van der Waals surface area contributed by atoms with Gasteiger partial charge in [0, 0.05) is 17.8 Å². The van der Waals surface area contributed by atoms with Crippen molar-refractivity contribution in [2.45, 2.75) is 25.4 Å². The molecule has 4 nitrogen and oxygen atoms in total. The molecule has 0 saturated heterocycles. The van der Waals surface area contributed by atoms with Gasteiger partial charge in [-0.1, -0.05) is 30.3 Å². The van der Waals surface area contributed by atoms with Crippen LogP contribution in [-0.2, 0) is 16.8 Å². The topological polar surface area (TPSA) is 49.8 Å². The molecule has 2 aromatic carbocycles. The van der Waals surface area contributed by atoms with E-state index in [1.165, 1.54) is 0 Å². The predicted octanol–water partition coefficient (Wildman–Crippen LogP) is 2.88. The summed E-state index contributed by atoms with van der Waals surface area (Å²) in [6.07, 6.45) is 0.849. The van der Waals surface area contributed by atoms with Crippen LogP contribution in [0.4, 0.5) is 5.69 Å². The third-order valence-electron chi connectivity index (χ3n) is 4.39. The lowest BCUT2D eigenvalue weighted by atomic mass is 9.87. The summed E-state index contributed by atoms with van der Waals surface area (Å²) in [5, 5.41) is 10.5. The molecule has 0 spiro atoms. The van der Waals surface area contributed by atoms with Crippen molar-refractivity contribution in [2.75, 3.05) is 18.6 Å². The Balaban J connectivity index is 1.85. The molecule has 1 atom stereocenters. The number of carbonyl (C=O) groups is 1. The molecule has 1 N–H and O–H groups in total. The van der Waals surface area contributed by atoms with Crippen molar-refractivity contribution in [1.82, 2.24) is 0 Å². The number of amides is 1. The first-order valence-corrected chi connectivity index (χ1v) is 7.76. The summed E-state index contributed by atoms with van der Waals surface area (Å²) < 4.78 is 5.21. The van der Waals surface area contributed by atoms with Crippen LogP contribution in [0.5, 0.6) is 5.75 Å². The van der Waals surface area contributed by atoms with Crippen molar-refractivity contribution in [3.8, 4) is 5.75 Å². The smallest absolute Gasteiger partial charge is 0.231 e. The third kappa shape index (κ3) is 3.08. The molecule has 120 valence electrons. The molecule has 3 rings (SSSR count). The molecular weight excluding hydrogens is 290 g/mol. The monoisotopic (exact) mass is 311 g/mol. The first-order chi connectivity index (χ1) is 11.0. The van der Waals surface area contributed by atoms with Crippen molar-refractivity contribution >= 4 is 11.6 Å². The van der Waals surface area contributed by atoms with Crippen molar-refractivity contribution in [2.24, 2.45) is 0 Å². The van der Waals surface area contributed by atoms with Crippen LogP contribution in [0.2, 0.25) is 0 Å². The van der Waals surface area contributed by atoms with Gasteiger partial charge in [0.2, 0.25) is 5.91 Å². The van der Waals surface area contributed by atoms with Crippen LogP contribution in [0.15, 0.2) is 48.5 Å². The van der Waals surface area contributed by atoms with Crippen LogP contribution >= 0.6 is 0 Å². The second kappa shape index (κ2) is 6.05. The molecule has 1 amide bonds. The zero-order valence-corrected chi connectivity index (χ0v) is 13.5. The van der Waals surface area contributed by atoms with Crippen LogP contribution in [0.1, 0.15) is 24.5 Å². The number of hydrogen-bond acceptors (Lipinski definition) is 3. The van der Waals surface area contributed by atoms with Gasteiger partial charge < -0.3 is 14.7 Å². The third-order valence-corrected chi connectivity index (χ3v) is 4.39. The summed E-state index contributed by atoms with van der Waals surface area (Å²) in [4.78, 5) is 14.5. The summed E-state index contributed by atoms with van der Waals surface area (Å²) in [6.45, 7) is 2.32. The molecule has 4 heteroatoms. The van der Waals surface area contributed by atoms with E-state index in [2.05, 4.69) is 0 Å². The Bertz CT molecular complexity index is 724. The minimum absolute atomic E-state index is 0.0289. The zero-order valence-electron chi connectivity index (χ0n) is 13.5. The standard InChI is InChI=1S/C19H21NO3/c1-19(22)10-11-20(17-9-4-3-8-16(17)19)18(21)13-14-6-5-7-15(12-14)23-2/h3-9,12,22H,10-11,13H2,1-2H3. The molecule has 0 aliphatic carbocycles. The highest BCUT2D eigenvalue weighted by atomic mass is 16.5. The van der Waals surface area contributed by atoms with Crippen LogP contribution in [-0.4, -0.2) is 24.7 Å². The number of benzene rings is 2. The Labute approximate surface area is 136 Å². The lowest BCUT2D eigenvalue weighted by Gasteiger charge is -2.38. The maximum Gasteiger partial charge on any atom is 0.231 e. The predicted molar refractivity (Wildman–Crippen MR) is 89.7 cm³/mol. The van der Waals surface area contributed by atoms with Crippen molar-refractivity contribution in [3.63, 3.8) is 0 Å². The SMILES string of the molecule is COc1cccc(CC(=O)N2CCC(C)(O)c3ccccc32)c1. The summed E-state index contributed by atoms with van der Waals surface area (Å²) in [6, 6.07) is 15.1. The second-order valence-electron chi connectivity index (χ2n) is 6.11. The minimum Gasteiger partial charge on any atom is -0.497 e. The van der Waals surface area contributed by atoms with Gasteiger partial charge in [-0.25, -0.2) is 0 Å². The van der Waals surface area contributed by atoms with Crippen LogP contribution < -0.4 is 9.64 Å². The minimum atomic E-state index is -0.886. The first kappa shape index (κ1) is 15.6. The van der Waals surface area contributed by atoms with Crippen molar-refractivity contribution in [3.05, 3.63) is 59.7 Å². The quantitative estimate of drug-likeness (QED) is 0.948. The van der Waals surface area contributed by atoms with Gasteiger partial charge in [0.1, 0.15) is 5.75 Å². The van der Waals surface area contributed by atoms with E-state index in [9.17, 15) is 9.90 Å². The average Bonchev–Trinajstić information content (AvgIpc) is 2.55. The highest BCUT2D eigenvalue weighted by Gasteiger charge is 2.34. The fourth-order valence-corrected chi connectivity index (χ4v) is 3.06. The molecule has 0 fully saturated rings. The van der Waals surface area contributed by atoms with Crippen molar-refractivity contribution in [1.29, 1.82) is 0 Å². The number of fused-ring (bicyclic) bond motifs is 1.